The van der Waals surface area contributed by atoms with Gasteiger partial charge in [-0.1, -0.05) is 12.1 Å². The zero-order valence-electron chi connectivity index (χ0n) is 18.9. The second-order valence-corrected chi connectivity index (χ2v) is 7.75. The summed E-state index contributed by atoms with van der Waals surface area (Å²) in [4.78, 5) is 44.1. The Labute approximate surface area is 188 Å². The van der Waals surface area contributed by atoms with Gasteiger partial charge in [0.15, 0.2) is 0 Å². The Kier molecular flexibility index (Phi) is 5.63. The molecule has 0 saturated carbocycles. The Hall–Kier alpha value is -4.14. The van der Waals surface area contributed by atoms with Crippen LogP contribution in [0.1, 0.15) is 30.5 Å². The van der Waals surface area contributed by atoms with Crippen LogP contribution in [0.3, 0.4) is 0 Å². The molecule has 0 saturated heterocycles. The van der Waals surface area contributed by atoms with E-state index in [1.165, 1.54) is 6.21 Å². The standard InChI is InChI=1S/C24H25N5O4/c1-5-27-19-11-10-16(12-20(19)28(6-2)24(27)33)25-13-17-21(30)26-23(32)29(22(17)31)18-9-7-8-14(3)15(18)4/h7-13,31H,5-6H2,1-4H3,(H,26,30,32). The van der Waals surface area contributed by atoms with Crippen molar-refractivity contribution in [3.8, 4) is 11.6 Å². The van der Waals surface area contributed by atoms with Gasteiger partial charge in [-0.25, -0.2) is 14.2 Å². The molecule has 0 aliphatic heterocycles. The van der Waals surface area contributed by atoms with Gasteiger partial charge in [0.05, 0.1) is 22.4 Å². The predicted molar refractivity (Wildman–Crippen MR) is 129 cm³/mol. The minimum Gasteiger partial charge on any atom is -0.493 e. The second kappa shape index (κ2) is 8.42. The average Bonchev–Trinajstić information content (AvgIpc) is 3.05. The van der Waals surface area contributed by atoms with Gasteiger partial charge in [0.2, 0.25) is 5.88 Å². The molecule has 9 heteroatoms. The van der Waals surface area contributed by atoms with Gasteiger partial charge in [-0.2, -0.15) is 0 Å². The topological polar surface area (TPSA) is 114 Å². The minimum absolute atomic E-state index is 0.0918. The third-order valence-corrected chi connectivity index (χ3v) is 5.92. The van der Waals surface area contributed by atoms with E-state index in [9.17, 15) is 19.5 Å². The van der Waals surface area contributed by atoms with Crippen molar-refractivity contribution in [3.63, 3.8) is 0 Å². The molecule has 0 fully saturated rings. The van der Waals surface area contributed by atoms with Gasteiger partial charge in [0.25, 0.3) is 5.56 Å². The molecule has 0 radical (unpaired) electrons. The van der Waals surface area contributed by atoms with Gasteiger partial charge in [0.1, 0.15) is 5.56 Å². The summed E-state index contributed by atoms with van der Waals surface area (Å²) in [6.07, 6.45) is 1.22. The number of H-pyrrole nitrogens is 1. The predicted octanol–water partition coefficient (Wildman–Crippen LogP) is 2.76. The number of nitrogens with zero attached hydrogens (tertiary/aromatic N) is 4. The van der Waals surface area contributed by atoms with Gasteiger partial charge in [-0.05, 0) is 63.1 Å². The van der Waals surface area contributed by atoms with Crippen LogP contribution < -0.4 is 16.9 Å². The maximum atomic E-state index is 12.6. The monoisotopic (exact) mass is 447 g/mol. The SMILES string of the molecule is CCn1c(=O)n(CC)c2cc(N=Cc3c(O)n(-c4cccc(C)c4C)c(=O)[nH]c3=O)ccc21. The smallest absolute Gasteiger partial charge is 0.335 e. The molecule has 0 spiro atoms. The molecule has 2 heterocycles. The molecule has 0 unspecified atom stereocenters. The molecule has 0 aliphatic rings. The summed E-state index contributed by atoms with van der Waals surface area (Å²) in [6.45, 7) is 8.59. The van der Waals surface area contributed by atoms with Crippen LogP contribution >= 0.6 is 0 Å². The molecule has 0 atom stereocenters. The molecule has 170 valence electrons. The number of fused-ring (bicyclic) bond motifs is 1. The zero-order valence-corrected chi connectivity index (χ0v) is 18.9. The van der Waals surface area contributed by atoms with E-state index in [1.807, 2.05) is 33.8 Å². The zero-order chi connectivity index (χ0) is 23.9. The molecule has 9 nitrogen and oxygen atoms in total. The maximum Gasteiger partial charge on any atom is 0.335 e. The fraction of sp³-hybridized carbons (Fsp3) is 0.250. The highest BCUT2D eigenvalue weighted by atomic mass is 16.3. The number of aryl methyl sites for hydroxylation is 3. The molecule has 4 aromatic rings. The first-order valence-electron chi connectivity index (χ1n) is 10.7. The number of hydrogen-bond donors (Lipinski definition) is 2. The number of imidazole rings is 1. The summed E-state index contributed by atoms with van der Waals surface area (Å²) < 4.78 is 4.40. The lowest BCUT2D eigenvalue weighted by atomic mass is 10.1. The van der Waals surface area contributed by atoms with Crippen molar-refractivity contribution in [2.75, 3.05) is 0 Å². The quantitative estimate of drug-likeness (QED) is 0.458. The number of rotatable bonds is 5. The summed E-state index contributed by atoms with van der Waals surface area (Å²) >= 11 is 0. The van der Waals surface area contributed by atoms with E-state index in [4.69, 9.17) is 0 Å². The van der Waals surface area contributed by atoms with Crippen molar-refractivity contribution in [3.05, 3.63) is 84.4 Å². The third kappa shape index (κ3) is 3.61. The van der Waals surface area contributed by atoms with E-state index >= 15 is 0 Å². The number of aromatic amines is 1. The van der Waals surface area contributed by atoms with E-state index in [-0.39, 0.29) is 11.3 Å². The summed E-state index contributed by atoms with van der Waals surface area (Å²) in [7, 11) is 0. The van der Waals surface area contributed by atoms with Crippen molar-refractivity contribution in [2.45, 2.75) is 40.8 Å². The Balaban J connectivity index is 1.85. The van der Waals surface area contributed by atoms with Crippen molar-refractivity contribution in [1.82, 2.24) is 18.7 Å². The van der Waals surface area contributed by atoms with Crippen LogP contribution in [-0.2, 0) is 13.1 Å². The van der Waals surface area contributed by atoms with E-state index < -0.39 is 17.1 Å². The van der Waals surface area contributed by atoms with Crippen molar-refractivity contribution >= 4 is 22.9 Å². The lowest BCUT2D eigenvalue weighted by Gasteiger charge is -2.13. The fourth-order valence-corrected chi connectivity index (χ4v) is 3.99. The number of aromatic hydroxyl groups is 1. The van der Waals surface area contributed by atoms with Crippen LogP contribution in [0.4, 0.5) is 5.69 Å². The van der Waals surface area contributed by atoms with E-state index in [1.54, 1.807) is 39.5 Å². The Morgan fingerprint density at radius 1 is 1.00 bits per heavy atom. The molecule has 0 aliphatic carbocycles. The highest BCUT2D eigenvalue weighted by Gasteiger charge is 2.16. The Bertz CT molecular complexity index is 1580. The Morgan fingerprint density at radius 2 is 1.70 bits per heavy atom. The first-order chi connectivity index (χ1) is 15.8. The third-order valence-electron chi connectivity index (χ3n) is 5.92. The Morgan fingerprint density at radius 3 is 2.39 bits per heavy atom. The van der Waals surface area contributed by atoms with Crippen molar-refractivity contribution in [1.29, 1.82) is 0 Å². The fourth-order valence-electron chi connectivity index (χ4n) is 3.99. The molecule has 2 N–H and O–H groups in total. The lowest BCUT2D eigenvalue weighted by Crippen LogP contribution is -2.31. The largest absolute Gasteiger partial charge is 0.493 e. The highest BCUT2D eigenvalue weighted by molar-refractivity contribution is 5.86. The average molecular weight is 447 g/mol. The molecule has 2 aromatic carbocycles. The summed E-state index contributed by atoms with van der Waals surface area (Å²) in [6, 6.07) is 10.7. The maximum absolute atomic E-state index is 12.6. The van der Waals surface area contributed by atoms with Crippen LogP contribution in [0.5, 0.6) is 5.88 Å². The highest BCUT2D eigenvalue weighted by Crippen LogP contribution is 2.23. The van der Waals surface area contributed by atoms with Crippen molar-refractivity contribution in [2.24, 2.45) is 4.99 Å². The molecule has 33 heavy (non-hydrogen) atoms. The lowest BCUT2D eigenvalue weighted by molar-refractivity contribution is 0.430. The summed E-state index contributed by atoms with van der Waals surface area (Å²) in [5.41, 5.74) is 2.52. The number of aromatic nitrogens is 4. The summed E-state index contributed by atoms with van der Waals surface area (Å²) in [5, 5.41) is 10.8. The number of hydrogen-bond acceptors (Lipinski definition) is 5. The van der Waals surface area contributed by atoms with Crippen LogP contribution in [0.2, 0.25) is 0 Å². The first-order valence-corrected chi connectivity index (χ1v) is 10.7. The van der Waals surface area contributed by atoms with Gasteiger partial charge >= 0.3 is 11.4 Å². The van der Waals surface area contributed by atoms with Gasteiger partial charge in [-0.3, -0.25) is 23.9 Å². The van der Waals surface area contributed by atoms with Crippen LogP contribution in [0, 0.1) is 13.8 Å². The van der Waals surface area contributed by atoms with E-state index in [0.717, 1.165) is 26.7 Å². The molecular formula is C24H25N5O4. The minimum atomic E-state index is -0.744. The molecule has 2 aromatic heterocycles. The van der Waals surface area contributed by atoms with Gasteiger partial charge < -0.3 is 5.11 Å². The number of nitrogens with one attached hydrogen (secondary N) is 1. The van der Waals surface area contributed by atoms with Crippen LogP contribution in [0.25, 0.3) is 16.7 Å². The molecular weight excluding hydrogens is 422 g/mol. The van der Waals surface area contributed by atoms with Crippen molar-refractivity contribution < 1.29 is 5.11 Å². The normalized spacial score (nSPS) is 11.6. The van der Waals surface area contributed by atoms with E-state index in [0.29, 0.717) is 24.5 Å². The molecule has 0 amide bonds. The second-order valence-electron chi connectivity index (χ2n) is 7.75. The molecule has 0 bridgehead atoms. The first kappa shape index (κ1) is 22.1. The van der Waals surface area contributed by atoms with Gasteiger partial charge in [-0.15, -0.1) is 0 Å². The molecule has 4 rings (SSSR count). The summed E-state index contributed by atoms with van der Waals surface area (Å²) in [5.74, 6) is -0.495. The van der Waals surface area contributed by atoms with Crippen LogP contribution in [0.15, 0.2) is 55.8 Å². The van der Waals surface area contributed by atoms with Crippen LogP contribution in [-0.4, -0.2) is 30.0 Å². The number of benzene rings is 2. The van der Waals surface area contributed by atoms with E-state index in [2.05, 4.69) is 9.98 Å². The number of aliphatic imine (C=N–C) groups is 1. The van der Waals surface area contributed by atoms with Gasteiger partial charge in [0, 0.05) is 19.3 Å².